The van der Waals surface area contributed by atoms with Crippen LogP contribution in [0.2, 0.25) is 0 Å². The number of aryl methyl sites for hydroxylation is 1. The molecule has 0 bridgehead atoms. The van der Waals surface area contributed by atoms with E-state index in [1.54, 1.807) is 66.6 Å². The molecule has 2 aromatic carbocycles. The molecule has 1 fully saturated rings. The van der Waals surface area contributed by atoms with E-state index in [9.17, 15) is 13.2 Å². The van der Waals surface area contributed by atoms with Crippen LogP contribution in [0.25, 0.3) is 0 Å². The second-order valence-electron chi connectivity index (χ2n) is 7.30. The van der Waals surface area contributed by atoms with E-state index in [4.69, 9.17) is 9.47 Å². The van der Waals surface area contributed by atoms with Crippen LogP contribution in [0, 0.1) is 6.92 Å². The van der Waals surface area contributed by atoms with Crippen molar-refractivity contribution >= 4 is 21.6 Å². The topological polar surface area (TPSA) is 76.2 Å². The van der Waals surface area contributed by atoms with Crippen LogP contribution in [0.5, 0.6) is 5.75 Å². The fourth-order valence-corrected chi connectivity index (χ4v) is 4.62. The molecule has 0 unspecified atom stereocenters. The normalized spacial score (nSPS) is 14.2. The molecule has 0 aliphatic carbocycles. The monoisotopic (exact) mass is 444 g/mol. The third-order valence-corrected chi connectivity index (χ3v) is 6.76. The Morgan fingerprint density at radius 2 is 1.71 bits per heavy atom. The van der Waals surface area contributed by atoms with Gasteiger partial charge in [-0.3, -0.25) is 4.79 Å². The Labute approximate surface area is 183 Å². The Bertz CT molecular complexity index is 995. The highest BCUT2D eigenvalue weighted by molar-refractivity contribution is 7.93. The molecule has 1 saturated heterocycles. The van der Waals surface area contributed by atoms with Gasteiger partial charge in [0, 0.05) is 19.3 Å². The highest BCUT2D eigenvalue weighted by Gasteiger charge is 2.23. The molecule has 0 radical (unpaired) electrons. The van der Waals surface area contributed by atoms with E-state index in [2.05, 4.69) is 0 Å². The number of ether oxygens (including phenoxy) is 2. The van der Waals surface area contributed by atoms with Crippen LogP contribution in [0.3, 0.4) is 0 Å². The van der Waals surface area contributed by atoms with Crippen molar-refractivity contribution in [2.24, 2.45) is 0 Å². The molecule has 0 aromatic heterocycles. The number of likely N-dealkylation sites (tertiary alicyclic amines) is 1. The minimum Gasteiger partial charge on any atom is -0.497 e. The van der Waals surface area contributed by atoms with Crippen molar-refractivity contribution in [2.45, 2.75) is 24.7 Å². The van der Waals surface area contributed by atoms with Gasteiger partial charge in [0.2, 0.25) is 5.91 Å². The number of benzene rings is 2. The van der Waals surface area contributed by atoms with Gasteiger partial charge < -0.3 is 14.4 Å². The van der Waals surface area contributed by atoms with Crippen molar-refractivity contribution in [3.8, 4) is 5.75 Å². The highest BCUT2D eigenvalue weighted by Crippen LogP contribution is 2.26. The summed E-state index contributed by atoms with van der Waals surface area (Å²) in [5.41, 5.74) is 1.44. The first-order valence-electron chi connectivity index (χ1n) is 10.2. The first-order chi connectivity index (χ1) is 14.9. The third kappa shape index (κ3) is 5.86. The molecule has 0 atom stereocenters. The van der Waals surface area contributed by atoms with E-state index in [-0.39, 0.29) is 24.0 Å². The first-order valence-corrected chi connectivity index (χ1v) is 11.6. The standard InChI is InChI=1S/C23H28N2O5S/c1-19-6-12-22(13-7-19)31(27,28)25(20-8-10-21(29-2)11-9-20)16-5-17-30-18-23(26)24-14-3-4-15-24/h5-13,16H,3-4,14-15,17-18H2,1-2H3/b16-5+. The lowest BCUT2D eigenvalue weighted by atomic mass is 10.2. The molecule has 0 spiro atoms. The number of methoxy groups -OCH3 is 1. The van der Waals surface area contributed by atoms with Gasteiger partial charge >= 0.3 is 0 Å². The van der Waals surface area contributed by atoms with Gasteiger partial charge in [-0.05, 0) is 62.2 Å². The predicted molar refractivity (Wildman–Crippen MR) is 120 cm³/mol. The van der Waals surface area contributed by atoms with E-state index in [1.165, 1.54) is 10.5 Å². The van der Waals surface area contributed by atoms with E-state index < -0.39 is 10.0 Å². The Hall–Kier alpha value is -2.84. The SMILES string of the molecule is COc1ccc(N(/C=C/COCC(=O)N2CCCC2)S(=O)(=O)c2ccc(C)cc2)cc1. The van der Waals surface area contributed by atoms with E-state index in [0.717, 1.165) is 31.5 Å². The zero-order valence-corrected chi connectivity index (χ0v) is 18.7. The van der Waals surface area contributed by atoms with E-state index >= 15 is 0 Å². The van der Waals surface area contributed by atoms with Crippen LogP contribution in [0.15, 0.2) is 65.7 Å². The maximum Gasteiger partial charge on any atom is 0.268 e. The van der Waals surface area contributed by atoms with Crippen molar-refractivity contribution in [3.63, 3.8) is 0 Å². The molecule has 0 saturated carbocycles. The quantitative estimate of drug-likeness (QED) is 0.555. The molecule has 1 aliphatic rings. The zero-order valence-electron chi connectivity index (χ0n) is 17.9. The van der Waals surface area contributed by atoms with Gasteiger partial charge in [-0.1, -0.05) is 17.7 Å². The van der Waals surface area contributed by atoms with Gasteiger partial charge in [0.05, 0.1) is 24.3 Å². The Balaban J connectivity index is 1.74. The molecule has 166 valence electrons. The largest absolute Gasteiger partial charge is 0.497 e. The van der Waals surface area contributed by atoms with E-state index in [0.29, 0.717) is 11.4 Å². The van der Waals surface area contributed by atoms with Gasteiger partial charge in [-0.25, -0.2) is 12.7 Å². The van der Waals surface area contributed by atoms with E-state index in [1.807, 2.05) is 6.92 Å². The number of amides is 1. The number of hydrogen-bond acceptors (Lipinski definition) is 5. The summed E-state index contributed by atoms with van der Waals surface area (Å²) < 4.78 is 38.4. The van der Waals surface area contributed by atoms with Crippen molar-refractivity contribution in [1.82, 2.24) is 4.90 Å². The molecule has 2 aromatic rings. The summed E-state index contributed by atoms with van der Waals surface area (Å²) in [7, 11) is -2.28. The molecule has 8 heteroatoms. The summed E-state index contributed by atoms with van der Waals surface area (Å²) in [5.74, 6) is 0.592. The average molecular weight is 445 g/mol. The molecule has 1 amide bonds. The number of rotatable bonds is 9. The fraction of sp³-hybridized carbons (Fsp3) is 0.348. The summed E-state index contributed by atoms with van der Waals surface area (Å²) in [4.78, 5) is 14.0. The Morgan fingerprint density at radius 3 is 2.32 bits per heavy atom. The molecule has 0 N–H and O–H groups in total. The number of anilines is 1. The maximum atomic E-state index is 13.3. The number of carbonyl (C=O) groups is 1. The van der Waals surface area contributed by atoms with Crippen LogP contribution < -0.4 is 9.04 Å². The molecule has 31 heavy (non-hydrogen) atoms. The number of carbonyl (C=O) groups excluding carboxylic acids is 1. The summed E-state index contributed by atoms with van der Waals surface area (Å²) >= 11 is 0. The first kappa shape index (κ1) is 22.8. The van der Waals surface area contributed by atoms with Crippen molar-refractivity contribution in [1.29, 1.82) is 0 Å². The molecule has 3 rings (SSSR count). The molecular formula is C23H28N2O5S. The minimum atomic E-state index is -3.83. The van der Waals surface area contributed by atoms with Crippen molar-refractivity contribution < 1.29 is 22.7 Å². The second kappa shape index (κ2) is 10.5. The molecule has 1 heterocycles. The number of sulfonamides is 1. The minimum absolute atomic E-state index is 0.0163. The van der Waals surface area contributed by atoms with Crippen molar-refractivity contribution in [3.05, 3.63) is 66.4 Å². The van der Waals surface area contributed by atoms with Gasteiger partial charge in [0.15, 0.2) is 0 Å². The van der Waals surface area contributed by atoms with Crippen LogP contribution >= 0.6 is 0 Å². The van der Waals surface area contributed by atoms with Gasteiger partial charge in [0.25, 0.3) is 10.0 Å². The summed E-state index contributed by atoms with van der Waals surface area (Å²) in [5, 5.41) is 0. The van der Waals surface area contributed by atoms with Crippen LogP contribution in [0.4, 0.5) is 5.69 Å². The van der Waals surface area contributed by atoms with Gasteiger partial charge in [-0.2, -0.15) is 0 Å². The highest BCUT2D eigenvalue weighted by atomic mass is 32.2. The lowest BCUT2D eigenvalue weighted by Crippen LogP contribution is -2.31. The Kier molecular flexibility index (Phi) is 7.70. The fourth-order valence-electron chi connectivity index (χ4n) is 3.27. The van der Waals surface area contributed by atoms with Crippen LogP contribution in [-0.4, -0.2) is 52.6 Å². The number of hydrogen-bond donors (Lipinski definition) is 0. The summed E-state index contributed by atoms with van der Waals surface area (Å²) in [6.45, 7) is 3.56. The Morgan fingerprint density at radius 1 is 1.06 bits per heavy atom. The molecule has 7 nitrogen and oxygen atoms in total. The zero-order chi connectivity index (χ0) is 22.3. The molecular weight excluding hydrogens is 416 g/mol. The third-order valence-electron chi connectivity index (χ3n) is 5.04. The van der Waals surface area contributed by atoms with Gasteiger partial charge in [-0.15, -0.1) is 0 Å². The maximum absolute atomic E-state index is 13.3. The van der Waals surface area contributed by atoms with Crippen LogP contribution in [-0.2, 0) is 19.6 Å². The predicted octanol–water partition coefficient (Wildman–Crippen LogP) is 3.35. The van der Waals surface area contributed by atoms with Crippen molar-refractivity contribution in [2.75, 3.05) is 37.7 Å². The smallest absolute Gasteiger partial charge is 0.268 e. The van der Waals surface area contributed by atoms with Gasteiger partial charge in [0.1, 0.15) is 12.4 Å². The number of nitrogens with zero attached hydrogens (tertiary/aromatic N) is 2. The molecule has 1 aliphatic heterocycles. The lowest BCUT2D eigenvalue weighted by molar-refractivity contribution is -0.134. The average Bonchev–Trinajstić information content (AvgIpc) is 3.31. The second-order valence-corrected chi connectivity index (χ2v) is 9.11. The summed E-state index contributed by atoms with van der Waals surface area (Å²) in [6.07, 6.45) is 5.10. The summed E-state index contributed by atoms with van der Waals surface area (Å²) in [6, 6.07) is 13.4. The lowest BCUT2D eigenvalue weighted by Gasteiger charge is -2.21. The van der Waals surface area contributed by atoms with Crippen LogP contribution in [0.1, 0.15) is 18.4 Å².